The summed E-state index contributed by atoms with van der Waals surface area (Å²) in [6.07, 6.45) is 5.79. The lowest BCUT2D eigenvalue weighted by Gasteiger charge is -2.38. The van der Waals surface area contributed by atoms with Crippen LogP contribution in [-0.2, 0) is 0 Å². The molecule has 2 nitrogen and oxygen atoms in total. The Morgan fingerprint density at radius 3 is 2.81 bits per heavy atom. The first-order valence-corrected chi connectivity index (χ1v) is 6.43. The Labute approximate surface area is 103 Å². The van der Waals surface area contributed by atoms with Gasteiger partial charge in [0.1, 0.15) is 5.15 Å². The summed E-state index contributed by atoms with van der Waals surface area (Å²) in [7, 11) is 0. The largest absolute Gasteiger partial charge is 0.294 e. The molecular formula is C13H19ClN2. The Hall–Kier alpha value is -0.600. The molecule has 1 atom stereocenters. The molecule has 0 radical (unpaired) electrons. The van der Waals surface area contributed by atoms with Gasteiger partial charge in [-0.25, -0.2) is 4.98 Å². The fourth-order valence-corrected chi connectivity index (χ4v) is 2.63. The second-order valence-electron chi connectivity index (χ2n) is 4.76. The summed E-state index contributed by atoms with van der Waals surface area (Å²) in [5.74, 6) is 0. The molecule has 0 aromatic carbocycles. The number of pyridine rings is 1. The van der Waals surface area contributed by atoms with E-state index in [4.69, 9.17) is 11.6 Å². The van der Waals surface area contributed by atoms with Crippen molar-refractivity contribution in [3.05, 3.63) is 29.0 Å². The van der Waals surface area contributed by atoms with Crippen LogP contribution in [0.4, 0.5) is 0 Å². The second kappa shape index (κ2) is 5.15. The zero-order valence-electron chi connectivity index (χ0n) is 9.99. The lowest BCUT2D eigenvalue weighted by Crippen LogP contribution is -2.38. The van der Waals surface area contributed by atoms with Gasteiger partial charge >= 0.3 is 0 Å². The number of halogens is 1. The minimum Gasteiger partial charge on any atom is -0.294 e. The van der Waals surface area contributed by atoms with Crippen molar-refractivity contribution in [2.45, 2.75) is 45.2 Å². The fraction of sp³-hybridized carbons (Fsp3) is 0.615. The fourth-order valence-electron chi connectivity index (χ4n) is 2.51. The van der Waals surface area contributed by atoms with E-state index in [9.17, 15) is 0 Å². The van der Waals surface area contributed by atoms with E-state index in [1.807, 2.05) is 12.3 Å². The second-order valence-corrected chi connectivity index (χ2v) is 5.14. The Morgan fingerprint density at radius 2 is 2.19 bits per heavy atom. The third-order valence-corrected chi connectivity index (χ3v) is 3.57. The average Bonchev–Trinajstić information content (AvgIpc) is 2.30. The van der Waals surface area contributed by atoms with Crippen LogP contribution in [0.15, 0.2) is 18.3 Å². The molecule has 0 aliphatic carbocycles. The minimum atomic E-state index is 0.526. The van der Waals surface area contributed by atoms with Crippen LogP contribution in [0.5, 0.6) is 0 Å². The van der Waals surface area contributed by atoms with Gasteiger partial charge in [-0.15, -0.1) is 0 Å². The Morgan fingerprint density at radius 1 is 1.38 bits per heavy atom. The van der Waals surface area contributed by atoms with Crippen LogP contribution >= 0.6 is 11.6 Å². The molecule has 16 heavy (non-hydrogen) atoms. The molecule has 2 heterocycles. The highest BCUT2D eigenvalue weighted by Gasteiger charge is 2.25. The molecule has 1 aliphatic rings. The summed E-state index contributed by atoms with van der Waals surface area (Å²) in [6, 6.07) is 5.13. The highest BCUT2D eigenvalue weighted by atomic mass is 35.5. The van der Waals surface area contributed by atoms with Gasteiger partial charge in [0.05, 0.1) is 0 Å². The first kappa shape index (κ1) is 11.9. The first-order chi connectivity index (χ1) is 7.68. The quantitative estimate of drug-likeness (QED) is 0.731. The number of aromatic nitrogens is 1. The van der Waals surface area contributed by atoms with Crippen LogP contribution in [0.1, 0.15) is 44.7 Å². The van der Waals surface area contributed by atoms with Crippen molar-refractivity contribution in [2.24, 2.45) is 0 Å². The van der Waals surface area contributed by atoms with Crippen LogP contribution in [0.3, 0.4) is 0 Å². The van der Waals surface area contributed by atoms with Gasteiger partial charge < -0.3 is 0 Å². The van der Waals surface area contributed by atoms with Crippen molar-refractivity contribution in [3.8, 4) is 0 Å². The summed E-state index contributed by atoms with van der Waals surface area (Å²) in [5, 5.41) is 0.579. The van der Waals surface area contributed by atoms with Crippen molar-refractivity contribution in [2.75, 3.05) is 6.54 Å². The standard InChI is InChI=1S/C13H19ClN2/c1-10(2)16-8-4-3-5-12(16)11-6-7-13(14)15-9-11/h6-7,9-10,12H,3-5,8H2,1-2H3/t12-/m1/s1. The van der Waals surface area contributed by atoms with E-state index in [-0.39, 0.29) is 0 Å². The Balaban J connectivity index is 2.19. The number of hydrogen-bond donors (Lipinski definition) is 0. The molecule has 0 unspecified atom stereocenters. The monoisotopic (exact) mass is 238 g/mol. The van der Waals surface area contributed by atoms with Crippen molar-refractivity contribution in [3.63, 3.8) is 0 Å². The SMILES string of the molecule is CC(C)N1CCCC[C@@H]1c1ccc(Cl)nc1. The lowest BCUT2D eigenvalue weighted by atomic mass is 9.95. The summed E-state index contributed by atoms with van der Waals surface area (Å²) in [4.78, 5) is 6.75. The van der Waals surface area contributed by atoms with Gasteiger partial charge in [-0.3, -0.25) is 4.90 Å². The molecule has 1 aromatic heterocycles. The van der Waals surface area contributed by atoms with Crippen LogP contribution in [0, 0.1) is 0 Å². The highest BCUT2D eigenvalue weighted by molar-refractivity contribution is 6.29. The number of likely N-dealkylation sites (tertiary alicyclic amines) is 1. The van der Waals surface area contributed by atoms with Gasteiger partial charge in [0.25, 0.3) is 0 Å². The summed E-state index contributed by atoms with van der Waals surface area (Å²) in [5.41, 5.74) is 1.30. The molecule has 0 saturated carbocycles. The molecule has 3 heteroatoms. The molecule has 1 fully saturated rings. The van der Waals surface area contributed by atoms with Crippen molar-refractivity contribution < 1.29 is 0 Å². The predicted octanol–water partition coefficient (Wildman–Crippen LogP) is 3.67. The van der Waals surface area contributed by atoms with Crippen molar-refractivity contribution in [1.82, 2.24) is 9.88 Å². The number of rotatable bonds is 2. The molecule has 88 valence electrons. The average molecular weight is 239 g/mol. The Kier molecular flexibility index (Phi) is 3.82. The van der Waals surface area contributed by atoms with Gasteiger partial charge in [-0.1, -0.05) is 24.1 Å². The minimum absolute atomic E-state index is 0.526. The van der Waals surface area contributed by atoms with E-state index >= 15 is 0 Å². The summed E-state index contributed by atoms with van der Waals surface area (Å²) >= 11 is 5.82. The molecule has 0 amide bonds. The molecule has 1 aliphatic heterocycles. The van der Waals surface area contributed by atoms with Gasteiger partial charge in [-0.05, 0) is 44.9 Å². The summed E-state index contributed by atoms with van der Waals surface area (Å²) < 4.78 is 0. The van der Waals surface area contributed by atoms with E-state index in [1.54, 1.807) is 0 Å². The highest BCUT2D eigenvalue weighted by Crippen LogP contribution is 2.32. The van der Waals surface area contributed by atoms with Gasteiger partial charge in [0, 0.05) is 18.3 Å². The van der Waals surface area contributed by atoms with Crippen LogP contribution in [0.25, 0.3) is 0 Å². The third-order valence-electron chi connectivity index (χ3n) is 3.34. The van der Waals surface area contributed by atoms with Crippen molar-refractivity contribution >= 4 is 11.6 Å². The maximum Gasteiger partial charge on any atom is 0.129 e. The summed E-state index contributed by atoms with van der Waals surface area (Å²) in [6.45, 7) is 5.73. The third kappa shape index (κ3) is 2.55. The Bertz CT molecular complexity index is 334. The molecule has 0 spiro atoms. The maximum absolute atomic E-state index is 5.82. The number of nitrogens with zero attached hydrogens (tertiary/aromatic N) is 2. The molecule has 0 bridgehead atoms. The molecular weight excluding hydrogens is 220 g/mol. The van der Waals surface area contributed by atoms with Gasteiger partial charge in [-0.2, -0.15) is 0 Å². The van der Waals surface area contributed by atoms with E-state index < -0.39 is 0 Å². The van der Waals surface area contributed by atoms with Crippen LogP contribution < -0.4 is 0 Å². The normalized spacial score (nSPS) is 22.6. The van der Waals surface area contributed by atoms with E-state index in [0.717, 1.165) is 0 Å². The zero-order valence-corrected chi connectivity index (χ0v) is 10.7. The molecule has 0 N–H and O–H groups in total. The van der Waals surface area contributed by atoms with Gasteiger partial charge in [0.15, 0.2) is 0 Å². The van der Waals surface area contributed by atoms with E-state index in [2.05, 4.69) is 29.8 Å². The predicted molar refractivity (Wildman–Crippen MR) is 67.7 cm³/mol. The van der Waals surface area contributed by atoms with Gasteiger partial charge in [0.2, 0.25) is 0 Å². The van der Waals surface area contributed by atoms with Crippen LogP contribution in [0.2, 0.25) is 5.15 Å². The lowest BCUT2D eigenvalue weighted by molar-refractivity contribution is 0.112. The van der Waals surface area contributed by atoms with E-state index in [1.165, 1.54) is 31.4 Å². The first-order valence-electron chi connectivity index (χ1n) is 6.05. The molecule has 1 saturated heterocycles. The van der Waals surface area contributed by atoms with Crippen molar-refractivity contribution in [1.29, 1.82) is 0 Å². The van der Waals surface area contributed by atoms with Crippen LogP contribution in [-0.4, -0.2) is 22.5 Å². The molecule has 2 rings (SSSR count). The topological polar surface area (TPSA) is 16.1 Å². The molecule has 1 aromatic rings. The zero-order chi connectivity index (χ0) is 11.5. The maximum atomic E-state index is 5.82. The number of hydrogen-bond acceptors (Lipinski definition) is 2. The van der Waals surface area contributed by atoms with E-state index in [0.29, 0.717) is 17.2 Å². The smallest absolute Gasteiger partial charge is 0.129 e. The number of piperidine rings is 1.